The summed E-state index contributed by atoms with van der Waals surface area (Å²) >= 11 is 7.10. The molecule has 100 valence electrons. The predicted octanol–water partition coefficient (Wildman–Crippen LogP) is 4.47. The number of hydrogen-bond donors (Lipinski definition) is 0. The van der Waals surface area contributed by atoms with Crippen LogP contribution in [0.5, 0.6) is 5.75 Å². The van der Waals surface area contributed by atoms with Crippen LogP contribution >= 0.6 is 31.9 Å². The summed E-state index contributed by atoms with van der Waals surface area (Å²) in [6.45, 7) is 4.98. The molecule has 1 fully saturated rings. The average molecular weight is 378 g/mol. The van der Waals surface area contributed by atoms with Crippen molar-refractivity contribution in [3.8, 4) is 5.75 Å². The van der Waals surface area contributed by atoms with Crippen LogP contribution in [0.25, 0.3) is 0 Å². The topological polar surface area (TPSA) is 18.5 Å². The molecular formula is C14H18Br2O2. The Morgan fingerprint density at radius 2 is 2.17 bits per heavy atom. The minimum atomic E-state index is 0.161. The van der Waals surface area contributed by atoms with Crippen LogP contribution in [0, 0.1) is 6.92 Å². The van der Waals surface area contributed by atoms with Gasteiger partial charge in [0.1, 0.15) is 18.0 Å². The van der Waals surface area contributed by atoms with Crippen molar-refractivity contribution in [2.45, 2.75) is 43.7 Å². The molecule has 4 heteroatoms. The lowest BCUT2D eigenvalue weighted by atomic mass is 9.91. The van der Waals surface area contributed by atoms with E-state index >= 15 is 0 Å². The van der Waals surface area contributed by atoms with Gasteiger partial charge in [0, 0.05) is 22.3 Å². The van der Waals surface area contributed by atoms with Crippen LogP contribution in [0.15, 0.2) is 22.7 Å². The maximum absolute atomic E-state index is 6.06. The summed E-state index contributed by atoms with van der Waals surface area (Å²) in [6.07, 6.45) is 2.37. The lowest BCUT2D eigenvalue weighted by Crippen LogP contribution is -2.52. The first kappa shape index (κ1) is 14.4. The molecule has 0 heterocycles. The first-order valence-electron chi connectivity index (χ1n) is 6.30. The van der Waals surface area contributed by atoms with Crippen LogP contribution in [0.1, 0.15) is 25.3 Å². The monoisotopic (exact) mass is 376 g/mol. The van der Waals surface area contributed by atoms with Crippen LogP contribution in [-0.4, -0.2) is 23.6 Å². The number of alkyl halides is 1. The minimum Gasteiger partial charge on any atom is -0.487 e. The highest BCUT2D eigenvalue weighted by molar-refractivity contribution is 9.10. The van der Waals surface area contributed by atoms with Crippen LogP contribution in [0.3, 0.4) is 0 Å². The van der Waals surface area contributed by atoms with Crippen LogP contribution in [-0.2, 0) is 4.74 Å². The van der Waals surface area contributed by atoms with Crippen molar-refractivity contribution in [1.82, 2.24) is 0 Å². The van der Waals surface area contributed by atoms with E-state index in [0.717, 1.165) is 35.2 Å². The molecule has 1 aliphatic carbocycles. The van der Waals surface area contributed by atoms with E-state index < -0.39 is 0 Å². The Morgan fingerprint density at radius 1 is 1.39 bits per heavy atom. The van der Waals surface area contributed by atoms with E-state index in [4.69, 9.17) is 9.47 Å². The van der Waals surface area contributed by atoms with Crippen molar-refractivity contribution >= 4 is 31.9 Å². The molecule has 1 saturated carbocycles. The quantitative estimate of drug-likeness (QED) is 0.705. The first-order valence-corrected chi connectivity index (χ1v) is 8.01. The summed E-state index contributed by atoms with van der Waals surface area (Å²) in [7, 11) is 0. The molecule has 3 atom stereocenters. The summed E-state index contributed by atoms with van der Waals surface area (Å²) in [5.74, 6) is 0.943. The first-order chi connectivity index (χ1) is 8.61. The number of rotatable bonds is 5. The van der Waals surface area contributed by atoms with Gasteiger partial charge in [0.25, 0.3) is 0 Å². The highest BCUT2D eigenvalue weighted by Crippen LogP contribution is 2.35. The van der Waals surface area contributed by atoms with Gasteiger partial charge in [-0.3, -0.25) is 0 Å². The molecule has 1 aromatic rings. The Bertz CT molecular complexity index is 409. The van der Waals surface area contributed by atoms with E-state index in [9.17, 15) is 0 Å². The minimum absolute atomic E-state index is 0.161. The largest absolute Gasteiger partial charge is 0.487 e. The van der Waals surface area contributed by atoms with E-state index in [-0.39, 0.29) is 12.2 Å². The van der Waals surface area contributed by atoms with Gasteiger partial charge in [-0.05, 0) is 31.0 Å². The summed E-state index contributed by atoms with van der Waals surface area (Å²) in [6, 6.07) is 6.11. The summed E-state index contributed by atoms with van der Waals surface area (Å²) in [4.78, 5) is 0.418. The summed E-state index contributed by atoms with van der Waals surface area (Å²) in [5.41, 5.74) is 1.16. The molecule has 18 heavy (non-hydrogen) atoms. The van der Waals surface area contributed by atoms with Crippen molar-refractivity contribution in [3.05, 3.63) is 28.2 Å². The molecule has 2 rings (SSSR count). The Hall–Kier alpha value is -0.0600. The highest BCUT2D eigenvalue weighted by Gasteiger charge is 2.42. The van der Waals surface area contributed by atoms with E-state index in [1.165, 1.54) is 0 Å². The van der Waals surface area contributed by atoms with Crippen LogP contribution in [0.4, 0.5) is 0 Å². The normalized spacial score (nSPS) is 26.8. The Kier molecular flexibility index (Phi) is 5.10. The molecular weight excluding hydrogens is 360 g/mol. The lowest BCUT2D eigenvalue weighted by molar-refractivity contribution is -0.0764. The van der Waals surface area contributed by atoms with Crippen molar-refractivity contribution in [2.24, 2.45) is 0 Å². The fourth-order valence-electron chi connectivity index (χ4n) is 1.97. The third kappa shape index (κ3) is 3.28. The number of halogens is 2. The molecule has 0 amide bonds. The zero-order chi connectivity index (χ0) is 13.1. The van der Waals surface area contributed by atoms with Gasteiger partial charge < -0.3 is 9.47 Å². The fraction of sp³-hybridized carbons (Fsp3) is 0.571. The van der Waals surface area contributed by atoms with Crippen molar-refractivity contribution in [3.63, 3.8) is 0 Å². The summed E-state index contributed by atoms with van der Waals surface area (Å²) < 4.78 is 12.9. The van der Waals surface area contributed by atoms with Gasteiger partial charge >= 0.3 is 0 Å². The number of ether oxygens (including phenoxy) is 2. The van der Waals surface area contributed by atoms with Gasteiger partial charge in [0.2, 0.25) is 0 Å². The molecule has 0 bridgehead atoms. The molecule has 0 aliphatic heterocycles. The molecule has 0 saturated heterocycles. The van der Waals surface area contributed by atoms with Gasteiger partial charge in [-0.15, -0.1) is 0 Å². The second-order valence-corrected chi connectivity index (χ2v) is 6.75. The maximum Gasteiger partial charge on any atom is 0.127 e. The van der Waals surface area contributed by atoms with E-state index in [0.29, 0.717) is 4.83 Å². The molecule has 2 nitrogen and oxygen atoms in total. The zero-order valence-electron chi connectivity index (χ0n) is 10.7. The maximum atomic E-state index is 6.06. The Morgan fingerprint density at radius 3 is 2.83 bits per heavy atom. The third-order valence-corrected chi connectivity index (χ3v) is 4.51. The Labute approximate surface area is 125 Å². The second-order valence-electron chi connectivity index (χ2n) is 4.65. The zero-order valence-corrected chi connectivity index (χ0v) is 13.8. The Balaban J connectivity index is 1.98. The molecule has 3 unspecified atom stereocenters. The molecule has 0 N–H and O–H groups in total. The van der Waals surface area contributed by atoms with Crippen molar-refractivity contribution in [1.29, 1.82) is 0 Å². The highest BCUT2D eigenvalue weighted by atomic mass is 79.9. The molecule has 0 aromatic heterocycles. The average Bonchev–Trinajstić information content (AvgIpc) is 2.33. The number of benzene rings is 1. The van der Waals surface area contributed by atoms with E-state index in [2.05, 4.69) is 51.8 Å². The summed E-state index contributed by atoms with van der Waals surface area (Å²) in [5, 5.41) is 0. The van der Waals surface area contributed by atoms with Gasteiger partial charge in [-0.1, -0.05) is 44.8 Å². The van der Waals surface area contributed by atoms with Crippen LogP contribution in [0.2, 0.25) is 0 Å². The molecule has 1 aromatic carbocycles. The van der Waals surface area contributed by atoms with Crippen LogP contribution < -0.4 is 4.74 Å². The molecule has 0 radical (unpaired) electrons. The van der Waals surface area contributed by atoms with Gasteiger partial charge in [0.15, 0.2) is 0 Å². The van der Waals surface area contributed by atoms with Crippen molar-refractivity contribution < 1.29 is 9.47 Å². The van der Waals surface area contributed by atoms with Gasteiger partial charge in [-0.25, -0.2) is 0 Å². The lowest BCUT2D eigenvalue weighted by Gasteiger charge is -2.41. The van der Waals surface area contributed by atoms with E-state index in [1.807, 2.05) is 12.1 Å². The standard InChI is InChI=1S/C14H18Br2O2/c1-3-6-17-14-11(16)8-13(14)18-12-7-10(15)5-4-9(12)2/h4-5,7,11,13-14H,3,6,8H2,1-2H3. The van der Waals surface area contributed by atoms with Gasteiger partial charge in [-0.2, -0.15) is 0 Å². The van der Waals surface area contributed by atoms with Crippen molar-refractivity contribution in [2.75, 3.05) is 6.61 Å². The molecule has 0 spiro atoms. The smallest absolute Gasteiger partial charge is 0.127 e. The van der Waals surface area contributed by atoms with E-state index in [1.54, 1.807) is 0 Å². The van der Waals surface area contributed by atoms with Gasteiger partial charge in [0.05, 0.1) is 0 Å². The number of aryl methyl sites for hydroxylation is 1. The SMILES string of the molecule is CCCOC1C(Br)CC1Oc1cc(Br)ccc1C. The third-order valence-electron chi connectivity index (χ3n) is 3.12. The second kappa shape index (κ2) is 6.40. The molecule has 1 aliphatic rings. The predicted molar refractivity (Wildman–Crippen MR) is 80.7 cm³/mol. The number of hydrogen-bond acceptors (Lipinski definition) is 2. The fourth-order valence-corrected chi connectivity index (χ4v) is 3.17.